The summed E-state index contributed by atoms with van der Waals surface area (Å²) in [5.41, 5.74) is -1.53. The van der Waals surface area contributed by atoms with Gasteiger partial charge in [0.2, 0.25) is 5.43 Å². The van der Waals surface area contributed by atoms with Crippen LogP contribution in [-0.2, 0) is 11.3 Å². The zero-order valence-corrected chi connectivity index (χ0v) is 20.4. The number of fused-ring (bicyclic) bond motifs is 5. The molecule has 0 aliphatic carbocycles. The van der Waals surface area contributed by atoms with Crippen molar-refractivity contribution in [1.29, 1.82) is 0 Å². The Morgan fingerprint density at radius 1 is 1.36 bits per heavy atom. The first-order chi connectivity index (χ1) is 17.1. The molecule has 3 atom stereocenters. The van der Waals surface area contributed by atoms with Gasteiger partial charge in [-0.1, -0.05) is 6.07 Å². The van der Waals surface area contributed by atoms with Gasteiger partial charge in [0.15, 0.2) is 17.3 Å². The number of methoxy groups -OCH3 is 1. The van der Waals surface area contributed by atoms with E-state index in [9.17, 15) is 28.3 Å². The Morgan fingerprint density at radius 2 is 2.14 bits per heavy atom. The monoisotopic (exact) mass is 518 g/mol. The number of amides is 2. The first kappa shape index (κ1) is 24.3. The third kappa shape index (κ3) is 3.83. The highest BCUT2D eigenvalue weighted by atomic mass is 32.2. The fraction of sp³-hybridized carbons (Fsp3) is 0.417. The lowest BCUT2D eigenvalue weighted by Crippen LogP contribution is -2.51. The van der Waals surface area contributed by atoms with Crippen LogP contribution in [0, 0.1) is 11.6 Å². The number of carbonyl (C=O) groups is 2. The van der Waals surface area contributed by atoms with Crippen molar-refractivity contribution in [2.45, 2.75) is 49.6 Å². The maximum Gasteiger partial charge on any atom is 0.274 e. The highest BCUT2D eigenvalue weighted by Gasteiger charge is 2.53. The smallest absolute Gasteiger partial charge is 0.274 e. The molecule has 3 aliphatic heterocycles. The SMILES string of the molecule is COC1=NS[C@]2(CC[C@H](C)N3C[C@H]2n2cc(C(=O)NCc4ccc(F)cc4F)c(=O)c(O)c2C3=O)C1. The van der Waals surface area contributed by atoms with Gasteiger partial charge in [0.05, 0.1) is 17.9 Å². The molecule has 2 aromatic rings. The molecule has 36 heavy (non-hydrogen) atoms. The molecule has 4 heterocycles. The van der Waals surface area contributed by atoms with E-state index in [-0.39, 0.29) is 29.4 Å². The topological polar surface area (TPSA) is 113 Å². The zero-order chi connectivity index (χ0) is 25.8. The molecule has 3 aliphatic rings. The van der Waals surface area contributed by atoms with Crippen molar-refractivity contribution in [2.24, 2.45) is 4.40 Å². The van der Waals surface area contributed by atoms with Crippen molar-refractivity contribution in [3.63, 3.8) is 0 Å². The van der Waals surface area contributed by atoms with Crippen LogP contribution in [0.5, 0.6) is 5.75 Å². The largest absolute Gasteiger partial charge is 0.503 e. The van der Waals surface area contributed by atoms with Gasteiger partial charge in [0, 0.05) is 43.4 Å². The van der Waals surface area contributed by atoms with Crippen LogP contribution in [0.1, 0.15) is 58.6 Å². The fourth-order valence-electron chi connectivity index (χ4n) is 5.13. The number of hydrogen-bond acceptors (Lipinski definition) is 7. The minimum absolute atomic E-state index is 0.0289. The number of pyridine rings is 1. The minimum Gasteiger partial charge on any atom is -0.503 e. The number of ether oxygens (including phenoxy) is 1. The number of rotatable bonds is 3. The minimum atomic E-state index is -0.999. The predicted octanol–water partition coefficient (Wildman–Crippen LogP) is 2.78. The number of aromatic nitrogens is 1. The molecule has 0 unspecified atom stereocenters. The molecule has 5 rings (SSSR count). The average molecular weight is 519 g/mol. The van der Waals surface area contributed by atoms with E-state index in [0.717, 1.165) is 6.07 Å². The molecule has 1 spiro atoms. The van der Waals surface area contributed by atoms with Gasteiger partial charge in [0.1, 0.15) is 17.2 Å². The summed E-state index contributed by atoms with van der Waals surface area (Å²) in [6.07, 6.45) is 3.17. The Morgan fingerprint density at radius 3 is 2.83 bits per heavy atom. The van der Waals surface area contributed by atoms with Crippen LogP contribution in [0.4, 0.5) is 8.78 Å². The summed E-state index contributed by atoms with van der Waals surface area (Å²) < 4.78 is 38.0. The third-order valence-electron chi connectivity index (χ3n) is 7.22. The van der Waals surface area contributed by atoms with Gasteiger partial charge in [-0.3, -0.25) is 14.4 Å². The average Bonchev–Trinajstić information content (AvgIpc) is 3.23. The lowest BCUT2D eigenvalue weighted by Gasteiger charge is -2.42. The Bertz CT molecular complexity index is 1360. The van der Waals surface area contributed by atoms with Crippen molar-refractivity contribution in [3.8, 4) is 5.75 Å². The molecule has 190 valence electrons. The van der Waals surface area contributed by atoms with Crippen LogP contribution in [0.25, 0.3) is 0 Å². The second-order valence-electron chi connectivity index (χ2n) is 9.28. The van der Waals surface area contributed by atoms with Gasteiger partial charge < -0.3 is 24.6 Å². The zero-order valence-electron chi connectivity index (χ0n) is 19.6. The summed E-state index contributed by atoms with van der Waals surface area (Å²) in [4.78, 5) is 40.9. The molecule has 12 heteroatoms. The van der Waals surface area contributed by atoms with E-state index in [4.69, 9.17) is 4.74 Å². The molecule has 2 N–H and O–H groups in total. The molecule has 0 saturated carbocycles. The standard InChI is InChI=1S/C24H24F2N4O5S/c1-12-5-6-24(8-18(35-2)28-36-24)17-11-29(12)23(34)19-21(32)20(31)15(10-30(17)19)22(33)27-9-13-3-4-14(25)7-16(13)26/h3-4,7,10,12,17,32H,5-6,8-9,11H2,1-2H3,(H,27,33)/t12-,17+,24+/m0/s1. The van der Waals surface area contributed by atoms with E-state index < -0.39 is 45.4 Å². The molecule has 2 amide bonds. The lowest BCUT2D eigenvalue weighted by atomic mass is 9.89. The van der Waals surface area contributed by atoms with E-state index in [1.54, 1.807) is 4.90 Å². The number of aromatic hydroxyl groups is 1. The molecular formula is C24H24F2N4O5S. The summed E-state index contributed by atoms with van der Waals surface area (Å²) in [7, 11) is 1.54. The number of benzene rings is 1. The maximum absolute atomic E-state index is 14.0. The molecule has 1 aromatic carbocycles. The quantitative estimate of drug-likeness (QED) is 0.605. The van der Waals surface area contributed by atoms with Crippen LogP contribution in [0.15, 0.2) is 33.6 Å². The molecule has 1 saturated heterocycles. The van der Waals surface area contributed by atoms with Crippen molar-refractivity contribution in [1.82, 2.24) is 14.8 Å². The van der Waals surface area contributed by atoms with Crippen molar-refractivity contribution in [2.75, 3.05) is 13.7 Å². The second kappa shape index (κ2) is 8.91. The number of nitrogens with zero attached hydrogens (tertiary/aromatic N) is 3. The highest BCUT2D eigenvalue weighted by Crippen LogP contribution is 2.52. The van der Waals surface area contributed by atoms with Gasteiger partial charge in [-0.05, 0) is 37.8 Å². The fourth-order valence-corrected chi connectivity index (χ4v) is 6.26. The maximum atomic E-state index is 14.0. The molecule has 1 aromatic heterocycles. The molecule has 2 bridgehead atoms. The van der Waals surface area contributed by atoms with E-state index >= 15 is 0 Å². The Hall–Kier alpha value is -3.41. The van der Waals surface area contributed by atoms with Gasteiger partial charge in [-0.2, -0.15) is 4.40 Å². The number of nitrogens with one attached hydrogen (secondary N) is 1. The third-order valence-corrected chi connectivity index (χ3v) is 8.50. The number of carbonyl (C=O) groups excluding carboxylic acids is 2. The highest BCUT2D eigenvalue weighted by molar-refractivity contribution is 8.00. The normalized spacial score (nSPS) is 24.8. The Balaban J connectivity index is 1.54. The van der Waals surface area contributed by atoms with E-state index in [1.165, 1.54) is 35.9 Å². The first-order valence-corrected chi connectivity index (χ1v) is 12.2. The Kier molecular flexibility index (Phi) is 6.01. The van der Waals surface area contributed by atoms with Gasteiger partial charge >= 0.3 is 0 Å². The van der Waals surface area contributed by atoms with Crippen molar-refractivity contribution >= 4 is 29.7 Å². The summed E-state index contributed by atoms with van der Waals surface area (Å²) >= 11 is 1.35. The molecule has 0 radical (unpaired) electrons. The predicted molar refractivity (Wildman–Crippen MR) is 128 cm³/mol. The molecule has 9 nitrogen and oxygen atoms in total. The van der Waals surface area contributed by atoms with Crippen LogP contribution in [-0.4, -0.2) is 56.7 Å². The second-order valence-corrected chi connectivity index (χ2v) is 10.5. The van der Waals surface area contributed by atoms with Crippen LogP contribution < -0.4 is 10.7 Å². The summed E-state index contributed by atoms with van der Waals surface area (Å²) in [6.45, 7) is 1.94. The number of halogens is 2. The lowest BCUT2D eigenvalue weighted by molar-refractivity contribution is 0.0595. The van der Waals surface area contributed by atoms with Crippen LogP contribution >= 0.6 is 11.9 Å². The van der Waals surface area contributed by atoms with Gasteiger partial charge in [-0.25, -0.2) is 8.78 Å². The van der Waals surface area contributed by atoms with E-state index in [1.807, 2.05) is 6.92 Å². The summed E-state index contributed by atoms with van der Waals surface area (Å²) in [5, 5.41) is 13.3. The Labute approximate surface area is 209 Å². The summed E-state index contributed by atoms with van der Waals surface area (Å²) in [5.74, 6) is -3.18. The van der Waals surface area contributed by atoms with Gasteiger partial charge in [0.25, 0.3) is 11.8 Å². The van der Waals surface area contributed by atoms with Crippen LogP contribution in [0.2, 0.25) is 0 Å². The van der Waals surface area contributed by atoms with E-state index in [0.29, 0.717) is 37.8 Å². The summed E-state index contributed by atoms with van der Waals surface area (Å²) in [6, 6.07) is 2.42. The first-order valence-electron chi connectivity index (χ1n) is 11.5. The van der Waals surface area contributed by atoms with Crippen molar-refractivity contribution < 1.29 is 28.2 Å². The molecular weight excluding hydrogens is 494 g/mol. The van der Waals surface area contributed by atoms with Crippen molar-refractivity contribution in [3.05, 3.63) is 63.1 Å². The number of hydrogen-bond donors (Lipinski definition) is 2. The van der Waals surface area contributed by atoms with E-state index in [2.05, 4.69) is 9.71 Å². The molecule has 1 fully saturated rings. The van der Waals surface area contributed by atoms with Gasteiger partial charge in [-0.15, -0.1) is 0 Å². The van der Waals surface area contributed by atoms with Crippen LogP contribution in [0.3, 0.4) is 0 Å².